The second-order valence-corrected chi connectivity index (χ2v) is 6.68. The van der Waals surface area contributed by atoms with Crippen molar-refractivity contribution < 1.29 is 23.8 Å². The Morgan fingerprint density at radius 3 is 2.07 bits per heavy atom. The molecular formula is C22H25NO5. The molecule has 0 saturated carbocycles. The number of piperidine rings is 1. The van der Waals surface area contributed by atoms with Crippen LogP contribution in [0.3, 0.4) is 0 Å². The number of amides is 1. The predicted molar refractivity (Wildman–Crippen MR) is 105 cm³/mol. The van der Waals surface area contributed by atoms with Crippen LogP contribution in [0.15, 0.2) is 48.5 Å². The molecular weight excluding hydrogens is 358 g/mol. The zero-order valence-electron chi connectivity index (χ0n) is 16.2. The topological polar surface area (TPSA) is 65.1 Å². The lowest BCUT2D eigenvalue weighted by Gasteiger charge is -2.30. The number of nitrogens with zero attached hydrogens (tertiary/aromatic N) is 1. The van der Waals surface area contributed by atoms with Crippen LogP contribution in [0, 0.1) is 0 Å². The number of carbonyl (C=O) groups is 2. The Labute approximate surface area is 165 Å². The second-order valence-electron chi connectivity index (χ2n) is 6.68. The predicted octanol–water partition coefficient (Wildman–Crippen LogP) is 3.61. The molecule has 3 rings (SSSR count). The standard InChI is InChI=1S/C22H25NO5/c1-26-18-13-17(14-19(15-18)27-2)22(25)28-20(16-9-5-3-6-10-16)21(24)23-11-7-4-8-12-23/h3,5-6,9-10,13-15,20H,4,7-8,11-12H2,1-2H3/t20-/m1/s1. The van der Waals surface area contributed by atoms with Gasteiger partial charge in [0.2, 0.25) is 6.10 Å². The highest BCUT2D eigenvalue weighted by molar-refractivity contribution is 5.93. The highest BCUT2D eigenvalue weighted by atomic mass is 16.5. The van der Waals surface area contributed by atoms with E-state index in [-0.39, 0.29) is 11.5 Å². The van der Waals surface area contributed by atoms with Crippen LogP contribution in [0.25, 0.3) is 0 Å². The van der Waals surface area contributed by atoms with E-state index in [4.69, 9.17) is 14.2 Å². The van der Waals surface area contributed by atoms with Gasteiger partial charge >= 0.3 is 5.97 Å². The fraction of sp³-hybridized carbons (Fsp3) is 0.364. The first kappa shape index (κ1) is 19.7. The van der Waals surface area contributed by atoms with Gasteiger partial charge < -0.3 is 19.1 Å². The van der Waals surface area contributed by atoms with Crippen molar-refractivity contribution in [1.29, 1.82) is 0 Å². The van der Waals surface area contributed by atoms with Crippen molar-refractivity contribution in [3.8, 4) is 11.5 Å². The molecule has 1 fully saturated rings. The Morgan fingerprint density at radius 2 is 1.50 bits per heavy atom. The first-order chi connectivity index (χ1) is 13.6. The summed E-state index contributed by atoms with van der Waals surface area (Å²) in [6.07, 6.45) is 2.06. The van der Waals surface area contributed by atoms with Crippen molar-refractivity contribution >= 4 is 11.9 Å². The van der Waals surface area contributed by atoms with E-state index in [0.29, 0.717) is 30.2 Å². The number of likely N-dealkylation sites (tertiary alicyclic amines) is 1. The molecule has 0 radical (unpaired) electrons. The maximum Gasteiger partial charge on any atom is 0.339 e. The van der Waals surface area contributed by atoms with Crippen LogP contribution in [-0.4, -0.2) is 44.1 Å². The highest BCUT2D eigenvalue weighted by Crippen LogP contribution is 2.27. The van der Waals surface area contributed by atoms with Crippen molar-refractivity contribution in [3.63, 3.8) is 0 Å². The molecule has 0 N–H and O–H groups in total. The molecule has 1 atom stereocenters. The maximum atomic E-state index is 13.1. The zero-order chi connectivity index (χ0) is 19.9. The van der Waals surface area contributed by atoms with Crippen LogP contribution < -0.4 is 9.47 Å². The number of methoxy groups -OCH3 is 2. The molecule has 6 heteroatoms. The van der Waals surface area contributed by atoms with Gasteiger partial charge in [-0.2, -0.15) is 0 Å². The Morgan fingerprint density at radius 1 is 0.893 bits per heavy atom. The van der Waals surface area contributed by atoms with E-state index in [0.717, 1.165) is 19.3 Å². The Bertz CT molecular complexity index is 793. The normalized spacial score (nSPS) is 14.9. The maximum absolute atomic E-state index is 13.1. The zero-order valence-corrected chi connectivity index (χ0v) is 16.2. The summed E-state index contributed by atoms with van der Waals surface area (Å²) in [6.45, 7) is 1.37. The van der Waals surface area contributed by atoms with Gasteiger partial charge in [-0.05, 0) is 31.4 Å². The van der Waals surface area contributed by atoms with Gasteiger partial charge in [-0.3, -0.25) is 4.79 Å². The van der Waals surface area contributed by atoms with Gasteiger partial charge in [0.25, 0.3) is 5.91 Å². The smallest absolute Gasteiger partial charge is 0.339 e. The molecule has 148 valence electrons. The number of rotatable bonds is 6. The van der Waals surface area contributed by atoms with Gasteiger partial charge in [-0.15, -0.1) is 0 Å². The van der Waals surface area contributed by atoms with Gasteiger partial charge in [-0.25, -0.2) is 4.79 Å². The van der Waals surface area contributed by atoms with E-state index in [1.807, 2.05) is 18.2 Å². The monoisotopic (exact) mass is 383 g/mol. The van der Waals surface area contributed by atoms with E-state index in [1.165, 1.54) is 14.2 Å². The van der Waals surface area contributed by atoms with Crippen LogP contribution in [-0.2, 0) is 9.53 Å². The quantitative estimate of drug-likeness (QED) is 0.713. The third-order valence-electron chi connectivity index (χ3n) is 4.81. The minimum absolute atomic E-state index is 0.186. The van der Waals surface area contributed by atoms with E-state index in [1.54, 1.807) is 35.2 Å². The number of hydrogen-bond donors (Lipinski definition) is 0. The molecule has 1 amide bonds. The molecule has 1 saturated heterocycles. The molecule has 28 heavy (non-hydrogen) atoms. The summed E-state index contributed by atoms with van der Waals surface area (Å²) in [5, 5.41) is 0. The Hall–Kier alpha value is -3.02. The number of esters is 1. The molecule has 2 aromatic carbocycles. The Kier molecular flexibility index (Phi) is 6.53. The van der Waals surface area contributed by atoms with Gasteiger partial charge in [0.05, 0.1) is 19.8 Å². The molecule has 0 aliphatic carbocycles. The second kappa shape index (κ2) is 9.26. The molecule has 1 aliphatic heterocycles. The van der Waals surface area contributed by atoms with E-state index >= 15 is 0 Å². The molecule has 2 aromatic rings. The summed E-state index contributed by atoms with van der Waals surface area (Å²) >= 11 is 0. The van der Waals surface area contributed by atoms with E-state index in [2.05, 4.69) is 0 Å². The molecule has 0 bridgehead atoms. The van der Waals surface area contributed by atoms with Crippen LogP contribution in [0.5, 0.6) is 11.5 Å². The summed E-state index contributed by atoms with van der Waals surface area (Å²) < 4.78 is 16.1. The first-order valence-corrected chi connectivity index (χ1v) is 9.40. The lowest BCUT2D eigenvalue weighted by Crippen LogP contribution is -2.40. The first-order valence-electron chi connectivity index (χ1n) is 9.40. The van der Waals surface area contributed by atoms with Crippen molar-refractivity contribution in [2.24, 2.45) is 0 Å². The van der Waals surface area contributed by atoms with Gasteiger partial charge in [-0.1, -0.05) is 30.3 Å². The molecule has 0 spiro atoms. The van der Waals surface area contributed by atoms with Crippen molar-refractivity contribution in [2.45, 2.75) is 25.4 Å². The average molecular weight is 383 g/mol. The fourth-order valence-electron chi connectivity index (χ4n) is 3.27. The lowest BCUT2D eigenvalue weighted by molar-refractivity contribution is -0.142. The van der Waals surface area contributed by atoms with E-state index < -0.39 is 12.1 Å². The number of benzene rings is 2. The third-order valence-corrected chi connectivity index (χ3v) is 4.81. The minimum atomic E-state index is -0.982. The highest BCUT2D eigenvalue weighted by Gasteiger charge is 2.30. The van der Waals surface area contributed by atoms with Crippen molar-refractivity contribution in [3.05, 3.63) is 59.7 Å². The van der Waals surface area contributed by atoms with Crippen LogP contribution in [0.1, 0.15) is 41.3 Å². The largest absolute Gasteiger partial charge is 0.497 e. The lowest BCUT2D eigenvalue weighted by atomic mass is 10.1. The molecule has 0 aromatic heterocycles. The summed E-state index contributed by atoms with van der Waals surface area (Å²) in [5.41, 5.74) is 0.921. The summed E-state index contributed by atoms with van der Waals surface area (Å²) in [7, 11) is 3.02. The SMILES string of the molecule is COc1cc(OC)cc(C(=O)O[C@@H](C(=O)N2CCCCC2)c2ccccc2)c1. The van der Waals surface area contributed by atoms with Crippen LogP contribution >= 0.6 is 0 Å². The average Bonchev–Trinajstić information content (AvgIpc) is 2.77. The molecule has 0 unspecified atom stereocenters. The van der Waals surface area contributed by atoms with Crippen molar-refractivity contribution in [1.82, 2.24) is 4.90 Å². The van der Waals surface area contributed by atoms with Gasteiger partial charge in [0, 0.05) is 24.7 Å². The molecule has 1 heterocycles. The van der Waals surface area contributed by atoms with Crippen molar-refractivity contribution in [2.75, 3.05) is 27.3 Å². The summed E-state index contributed by atoms with van der Waals surface area (Å²) in [5.74, 6) is 0.167. The summed E-state index contributed by atoms with van der Waals surface area (Å²) in [4.78, 5) is 27.7. The van der Waals surface area contributed by atoms with Crippen LogP contribution in [0.2, 0.25) is 0 Å². The molecule has 6 nitrogen and oxygen atoms in total. The number of ether oxygens (including phenoxy) is 3. The van der Waals surface area contributed by atoms with Gasteiger partial charge in [0.1, 0.15) is 11.5 Å². The van der Waals surface area contributed by atoms with E-state index in [9.17, 15) is 9.59 Å². The Balaban J connectivity index is 1.87. The van der Waals surface area contributed by atoms with Crippen LogP contribution in [0.4, 0.5) is 0 Å². The molecule has 1 aliphatic rings. The van der Waals surface area contributed by atoms with Gasteiger partial charge in [0.15, 0.2) is 0 Å². The summed E-state index contributed by atoms with van der Waals surface area (Å²) in [6, 6.07) is 13.9. The fourth-order valence-corrected chi connectivity index (χ4v) is 3.27. The number of hydrogen-bond acceptors (Lipinski definition) is 5. The third kappa shape index (κ3) is 4.63. The minimum Gasteiger partial charge on any atom is -0.497 e. The number of carbonyl (C=O) groups excluding carboxylic acids is 2.